The molecule has 0 saturated carbocycles. The van der Waals surface area contributed by atoms with Gasteiger partial charge in [-0.05, 0) is 35.0 Å². The Morgan fingerprint density at radius 3 is 1.76 bits per heavy atom. The zero-order valence-corrected chi connectivity index (χ0v) is 16.4. The van der Waals surface area contributed by atoms with Crippen LogP contribution in [0.2, 0.25) is 0 Å². The van der Waals surface area contributed by atoms with Gasteiger partial charge in [0.1, 0.15) is 11.5 Å². The molecule has 0 bridgehead atoms. The van der Waals surface area contributed by atoms with Crippen molar-refractivity contribution in [1.29, 1.82) is 0 Å². The van der Waals surface area contributed by atoms with E-state index in [0.29, 0.717) is 9.75 Å². The number of carboxylic acids is 1. The molecule has 3 N–H and O–H groups in total. The minimum Gasteiger partial charge on any atom is -0.507 e. The second-order valence-corrected chi connectivity index (χ2v) is 7.70. The van der Waals surface area contributed by atoms with Crippen molar-refractivity contribution in [2.75, 3.05) is 0 Å². The molecule has 0 aliphatic rings. The Balaban J connectivity index is 1.99. The lowest BCUT2D eigenvalue weighted by Gasteiger charge is -2.08. The number of carboxylic acid groups (broad SMARTS) is 1. The van der Waals surface area contributed by atoms with E-state index in [1.54, 1.807) is 35.0 Å². The highest BCUT2D eigenvalue weighted by molar-refractivity contribution is 7.12. The van der Waals surface area contributed by atoms with E-state index in [4.69, 9.17) is 0 Å². The van der Waals surface area contributed by atoms with Crippen molar-refractivity contribution in [3.05, 3.63) is 91.8 Å². The summed E-state index contributed by atoms with van der Waals surface area (Å²) in [6, 6.07) is 10.3. The normalized spacial score (nSPS) is 12.0. The number of hydrogen-bond acceptors (Lipinski definition) is 7. The zero-order valence-electron chi connectivity index (χ0n) is 14.7. The summed E-state index contributed by atoms with van der Waals surface area (Å²) in [6.07, 6.45) is 1.94. The second kappa shape index (κ2) is 8.68. The topological polar surface area (TPSA) is 112 Å². The zero-order chi connectivity index (χ0) is 21.0. The summed E-state index contributed by atoms with van der Waals surface area (Å²) in [6.45, 7) is 0. The van der Waals surface area contributed by atoms with E-state index in [9.17, 15) is 29.7 Å². The highest BCUT2D eigenvalue weighted by Crippen LogP contribution is 2.24. The van der Waals surface area contributed by atoms with E-state index in [0.717, 1.165) is 12.2 Å². The summed E-state index contributed by atoms with van der Waals surface area (Å²) in [7, 11) is 0. The van der Waals surface area contributed by atoms with Crippen molar-refractivity contribution in [1.82, 2.24) is 0 Å². The average Bonchev–Trinajstić information content (AvgIpc) is 3.41. The van der Waals surface area contributed by atoms with Crippen LogP contribution in [-0.4, -0.2) is 32.9 Å². The predicted octanol–water partition coefficient (Wildman–Crippen LogP) is 5.07. The fraction of sp³-hybridized carbons (Fsp3) is 0. The standard InChI is InChI=1S/C21H14O6S2/c22-15(10-17(24)19-3-1-7-28-19)12-5-6-13(21(26)27)14(9-12)16(23)11-18(25)20-4-2-8-29-20/h1-11,22-23H,(H,26,27). The number of carbonyl (C=O) groups excluding carboxylic acids is 2. The Morgan fingerprint density at radius 1 is 0.724 bits per heavy atom. The summed E-state index contributed by atoms with van der Waals surface area (Å²) < 4.78 is 0. The number of thiophene rings is 2. The lowest BCUT2D eigenvalue weighted by atomic mass is 10.00. The van der Waals surface area contributed by atoms with E-state index >= 15 is 0 Å². The van der Waals surface area contributed by atoms with Gasteiger partial charge in [0.15, 0.2) is 11.6 Å². The lowest BCUT2D eigenvalue weighted by Crippen LogP contribution is -2.04. The van der Waals surface area contributed by atoms with Gasteiger partial charge >= 0.3 is 5.97 Å². The monoisotopic (exact) mass is 426 g/mol. The summed E-state index contributed by atoms with van der Waals surface area (Å²) in [5.41, 5.74) is -0.277. The average molecular weight is 426 g/mol. The molecule has 2 aromatic heterocycles. The quantitative estimate of drug-likeness (QED) is 0.276. The number of aliphatic hydroxyl groups is 2. The molecule has 3 aromatic rings. The van der Waals surface area contributed by atoms with Crippen LogP contribution in [0.3, 0.4) is 0 Å². The van der Waals surface area contributed by atoms with Gasteiger partial charge in [0.25, 0.3) is 0 Å². The molecule has 29 heavy (non-hydrogen) atoms. The second-order valence-electron chi connectivity index (χ2n) is 5.81. The number of carbonyl (C=O) groups is 3. The van der Waals surface area contributed by atoms with Crippen LogP contribution in [0.25, 0.3) is 11.5 Å². The number of ketones is 2. The van der Waals surface area contributed by atoms with Crippen LogP contribution in [0.1, 0.15) is 40.8 Å². The third-order valence-corrected chi connectivity index (χ3v) is 5.65. The Bertz CT molecular complexity index is 1120. The van der Waals surface area contributed by atoms with Crippen molar-refractivity contribution in [3.8, 4) is 0 Å². The number of aromatic carboxylic acids is 1. The molecule has 0 amide bonds. The van der Waals surface area contributed by atoms with E-state index < -0.39 is 23.3 Å². The van der Waals surface area contributed by atoms with Crippen molar-refractivity contribution in [3.63, 3.8) is 0 Å². The Kier molecular flexibility index (Phi) is 6.06. The maximum Gasteiger partial charge on any atom is 0.336 e. The molecule has 0 atom stereocenters. The number of benzene rings is 1. The minimum absolute atomic E-state index is 0.124. The fourth-order valence-electron chi connectivity index (χ4n) is 2.49. The van der Waals surface area contributed by atoms with Crippen LogP contribution in [0, 0.1) is 0 Å². The molecule has 2 heterocycles. The van der Waals surface area contributed by atoms with Crippen LogP contribution in [0.4, 0.5) is 0 Å². The Hall–Kier alpha value is -3.49. The molecule has 146 valence electrons. The molecule has 0 radical (unpaired) electrons. The molecule has 0 spiro atoms. The van der Waals surface area contributed by atoms with E-state index in [2.05, 4.69) is 0 Å². The minimum atomic E-state index is -1.31. The first-order chi connectivity index (χ1) is 13.9. The third kappa shape index (κ3) is 4.68. The number of allylic oxidation sites excluding steroid dienone is 2. The van der Waals surface area contributed by atoms with Gasteiger partial charge in [0, 0.05) is 23.3 Å². The van der Waals surface area contributed by atoms with Crippen LogP contribution in [0.5, 0.6) is 0 Å². The van der Waals surface area contributed by atoms with Gasteiger partial charge in [-0.1, -0.05) is 18.2 Å². The van der Waals surface area contributed by atoms with Gasteiger partial charge in [0.05, 0.1) is 15.3 Å². The molecule has 1 aromatic carbocycles. The molecule has 3 rings (SSSR count). The number of hydrogen-bond donors (Lipinski definition) is 3. The molecule has 0 aliphatic heterocycles. The van der Waals surface area contributed by atoms with Crippen LogP contribution in [-0.2, 0) is 0 Å². The summed E-state index contributed by atoms with van der Waals surface area (Å²) in [5.74, 6) is -3.15. The number of aliphatic hydroxyl groups excluding tert-OH is 2. The third-order valence-electron chi connectivity index (χ3n) is 3.89. The van der Waals surface area contributed by atoms with Crippen LogP contribution >= 0.6 is 22.7 Å². The molecule has 0 fully saturated rings. The van der Waals surface area contributed by atoms with Gasteiger partial charge in [-0.15, -0.1) is 22.7 Å². The largest absolute Gasteiger partial charge is 0.507 e. The van der Waals surface area contributed by atoms with Gasteiger partial charge in [-0.25, -0.2) is 4.79 Å². The van der Waals surface area contributed by atoms with Gasteiger partial charge in [-0.2, -0.15) is 0 Å². The highest BCUT2D eigenvalue weighted by atomic mass is 32.1. The van der Waals surface area contributed by atoms with Crippen LogP contribution in [0.15, 0.2) is 65.4 Å². The molecule has 0 unspecified atom stereocenters. The molecule has 0 aliphatic carbocycles. The summed E-state index contributed by atoms with van der Waals surface area (Å²) in [5, 5.41) is 33.5. The first-order valence-electron chi connectivity index (χ1n) is 8.22. The fourth-order valence-corrected chi connectivity index (χ4v) is 3.76. The van der Waals surface area contributed by atoms with Gasteiger partial charge in [-0.3, -0.25) is 9.59 Å². The maximum atomic E-state index is 12.2. The smallest absolute Gasteiger partial charge is 0.336 e. The predicted molar refractivity (Wildman–Crippen MR) is 112 cm³/mol. The Labute approximate surface area is 173 Å². The van der Waals surface area contributed by atoms with Crippen molar-refractivity contribution < 1.29 is 29.7 Å². The number of rotatable bonds is 7. The maximum absolute atomic E-state index is 12.2. The van der Waals surface area contributed by atoms with Crippen LogP contribution < -0.4 is 0 Å². The molecule has 6 nitrogen and oxygen atoms in total. The molecular formula is C21H14O6S2. The lowest BCUT2D eigenvalue weighted by molar-refractivity contribution is 0.0695. The van der Waals surface area contributed by atoms with Crippen molar-refractivity contribution >= 4 is 51.7 Å². The van der Waals surface area contributed by atoms with Gasteiger partial charge < -0.3 is 15.3 Å². The molecular weight excluding hydrogens is 412 g/mol. The van der Waals surface area contributed by atoms with Crippen molar-refractivity contribution in [2.45, 2.75) is 0 Å². The first kappa shape index (κ1) is 20.2. The SMILES string of the molecule is O=C(C=C(O)c1ccc(C(=O)O)c(C(O)=CC(=O)c2cccs2)c1)c1cccs1. The summed E-state index contributed by atoms with van der Waals surface area (Å²) >= 11 is 2.40. The van der Waals surface area contributed by atoms with E-state index in [1.165, 1.54) is 40.9 Å². The van der Waals surface area contributed by atoms with Crippen molar-refractivity contribution in [2.24, 2.45) is 0 Å². The first-order valence-corrected chi connectivity index (χ1v) is 9.98. The Morgan fingerprint density at radius 2 is 1.28 bits per heavy atom. The molecule has 0 saturated heterocycles. The molecule has 8 heteroatoms. The van der Waals surface area contributed by atoms with Gasteiger partial charge in [0.2, 0.25) is 0 Å². The van der Waals surface area contributed by atoms with E-state index in [1.807, 2.05) is 0 Å². The van der Waals surface area contributed by atoms with E-state index in [-0.39, 0.29) is 22.4 Å². The highest BCUT2D eigenvalue weighted by Gasteiger charge is 2.17. The summed E-state index contributed by atoms with van der Waals surface area (Å²) in [4.78, 5) is 36.6.